The summed E-state index contributed by atoms with van der Waals surface area (Å²) >= 11 is 0. The maximum Gasteiger partial charge on any atom is 0.338 e. The second kappa shape index (κ2) is 4.12. The van der Waals surface area contributed by atoms with Crippen molar-refractivity contribution in [1.82, 2.24) is 0 Å². The zero-order valence-corrected chi connectivity index (χ0v) is 11.1. The predicted octanol–water partition coefficient (Wildman–Crippen LogP) is 3.99. The van der Waals surface area contributed by atoms with E-state index in [2.05, 4.69) is 0 Å². The van der Waals surface area contributed by atoms with Crippen LogP contribution in [0.15, 0.2) is 34.7 Å². The lowest BCUT2D eigenvalue weighted by atomic mass is 9.99. The molecule has 0 bridgehead atoms. The number of ether oxygens (including phenoxy) is 1. The Hall–Kier alpha value is -2.29. The highest BCUT2D eigenvalue weighted by molar-refractivity contribution is 6.10. The van der Waals surface area contributed by atoms with Crippen LogP contribution >= 0.6 is 0 Å². The summed E-state index contributed by atoms with van der Waals surface area (Å²) in [4.78, 5) is 11.8. The van der Waals surface area contributed by atoms with Gasteiger partial charge in [-0.2, -0.15) is 0 Å². The number of carbonyl (C=O) groups excluding carboxylic acids is 1. The van der Waals surface area contributed by atoms with Crippen LogP contribution in [-0.4, -0.2) is 13.1 Å². The molecular formula is C16H14O3. The van der Waals surface area contributed by atoms with Gasteiger partial charge in [-0.05, 0) is 37.1 Å². The Labute approximate surface area is 110 Å². The first-order valence-corrected chi connectivity index (χ1v) is 6.13. The lowest BCUT2D eigenvalue weighted by Gasteiger charge is -2.07. The quantitative estimate of drug-likeness (QED) is 0.616. The van der Waals surface area contributed by atoms with Crippen molar-refractivity contribution in [3.05, 3.63) is 47.0 Å². The molecule has 0 atom stereocenters. The fourth-order valence-electron chi connectivity index (χ4n) is 2.54. The maximum absolute atomic E-state index is 11.8. The SMILES string of the molecule is COC(=O)c1cc(C)c2oc3ccccc3c2c1C. The molecule has 0 aliphatic rings. The van der Waals surface area contributed by atoms with Crippen LogP contribution < -0.4 is 0 Å². The van der Waals surface area contributed by atoms with Gasteiger partial charge in [0.2, 0.25) is 0 Å². The Morgan fingerprint density at radius 1 is 1.21 bits per heavy atom. The molecule has 19 heavy (non-hydrogen) atoms. The van der Waals surface area contributed by atoms with Gasteiger partial charge >= 0.3 is 5.97 Å². The first-order chi connectivity index (χ1) is 9.13. The molecule has 96 valence electrons. The summed E-state index contributed by atoms with van der Waals surface area (Å²) in [5.41, 5.74) is 4.12. The number of furan rings is 1. The topological polar surface area (TPSA) is 39.4 Å². The minimum Gasteiger partial charge on any atom is -0.465 e. The number of methoxy groups -OCH3 is 1. The zero-order valence-electron chi connectivity index (χ0n) is 11.1. The molecule has 0 N–H and O–H groups in total. The molecule has 1 heterocycles. The molecule has 3 aromatic rings. The van der Waals surface area contributed by atoms with Crippen LogP contribution in [0.25, 0.3) is 21.9 Å². The fraction of sp³-hybridized carbons (Fsp3) is 0.188. The number of benzene rings is 2. The number of hydrogen-bond acceptors (Lipinski definition) is 3. The highest BCUT2D eigenvalue weighted by atomic mass is 16.5. The number of fused-ring (bicyclic) bond motifs is 3. The summed E-state index contributed by atoms with van der Waals surface area (Å²) in [6.45, 7) is 3.87. The van der Waals surface area contributed by atoms with Crippen molar-refractivity contribution in [3.63, 3.8) is 0 Å². The van der Waals surface area contributed by atoms with Crippen molar-refractivity contribution >= 4 is 27.9 Å². The number of para-hydroxylation sites is 1. The van der Waals surface area contributed by atoms with Gasteiger partial charge in [0.05, 0.1) is 12.7 Å². The highest BCUT2D eigenvalue weighted by Crippen LogP contribution is 2.34. The van der Waals surface area contributed by atoms with Crippen molar-refractivity contribution in [2.24, 2.45) is 0 Å². The lowest BCUT2D eigenvalue weighted by Crippen LogP contribution is -2.04. The first-order valence-electron chi connectivity index (χ1n) is 6.13. The summed E-state index contributed by atoms with van der Waals surface area (Å²) in [7, 11) is 1.40. The van der Waals surface area contributed by atoms with Gasteiger partial charge in [0.15, 0.2) is 0 Å². The molecule has 0 spiro atoms. The number of rotatable bonds is 1. The van der Waals surface area contributed by atoms with E-state index < -0.39 is 0 Å². The average molecular weight is 254 g/mol. The molecule has 1 aromatic heterocycles. The van der Waals surface area contributed by atoms with Crippen molar-refractivity contribution in [2.75, 3.05) is 7.11 Å². The summed E-state index contributed by atoms with van der Waals surface area (Å²) < 4.78 is 10.7. The van der Waals surface area contributed by atoms with Crippen molar-refractivity contribution in [1.29, 1.82) is 0 Å². The second-order valence-electron chi connectivity index (χ2n) is 4.66. The monoisotopic (exact) mass is 254 g/mol. The zero-order chi connectivity index (χ0) is 13.6. The van der Waals surface area contributed by atoms with E-state index in [4.69, 9.17) is 9.15 Å². The third-order valence-corrected chi connectivity index (χ3v) is 3.50. The number of aryl methyl sites for hydroxylation is 2. The molecule has 0 fully saturated rings. The van der Waals surface area contributed by atoms with Gasteiger partial charge in [-0.1, -0.05) is 18.2 Å². The van der Waals surface area contributed by atoms with E-state index in [1.54, 1.807) is 0 Å². The molecule has 0 unspecified atom stereocenters. The van der Waals surface area contributed by atoms with Gasteiger partial charge in [0, 0.05) is 10.8 Å². The van der Waals surface area contributed by atoms with Gasteiger partial charge in [-0.15, -0.1) is 0 Å². The van der Waals surface area contributed by atoms with Crippen LogP contribution in [0.1, 0.15) is 21.5 Å². The molecule has 3 nitrogen and oxygen atoms in total. The van der Waals surface area contributed by atoms with E-state index in [9.17, 15) is 4.79 Å². The molecule has 0 aliphatic carbocycles. The predicted molar refractivity (Wildman–Crippen MR) is 74.5 cm³/mol. The van der Waals surface area contributed by atoms with E-state index >= 15 is 0 Å². The Bertz CT molecular complexity index is 796. The van der Waals surface area contributed by atoms with E-state index in [0.717, 1.165) is 33.1 Å². The molecule has 0 amide bonds. The minimum atomic E-state index is -0.312. The van der Waals surface area contributed by atoms with Crippen molar-refractivity contribution in [3.8, 4) is 0 Å². The normalized spacial score (nSPS) is 11.1. The molecule has 3 rings (SSSR count). The van der Waals surface area contributed by atoms with Gasteiger partial charge in [0.25, 0.3) is 0 Å². The molecule has 3 heteroatoms. The van der Waals surface area contributed by atoms with Gasteiger partial charge < -0.3 is 9.15 Å². The van der Waals surface area contributed by atoms with Crippen LogP contribution in [0.3, 0.4) is 0 Å². The summed E-state index contributed by atoms with van der Waals surface area (Å²) in [6, 6.07) is 9.68. The van der Waals surface area contributed by atoms with E-state index in [-0.39, 0.29) is 5.97 Å². The average Bonchev–Trinajstić information content (AvgIpc) is 2.82. The summed E-state index contributed by atoms with van der Waals surface area (Å²) in [5.74, 6) is -0.312. The van der Waals surface area contributed by atoms with E-state index in [1.807, 2.05) is 44.2 Å². The molecule has 0 aliphatic heterocycles. The van der Waals surface area contributed by atoms with E-state index in [1.165, 1.54) is 7.11 Å². The van der Waals surface area contributed by atoms with Crippen LogP contribution in [0.4, 0.5) is 0 Å². The maximum atomic E-state index is 11.8. The lowest BCUT2D eigenvalue weighted by molar-refractivity contribution is 0.0600. The third-order valence-electron chi connectivity index (χ3n) is 3.50. The number of esters is 1. The van der Waals surface area contributed by atoms with Crippen LogP contribution in [0.2, 0.25) is 0 Å². The Kier molecular flexibility index (Phi) is 2.56. The van der Waals surface area contributed by atoms with Crippen LogP contribution in [0.5, 0.6) is 0 Å². The molecular weight excluding hydrogens is 240 g/mol. The summed E-state index contributed by atoms with van der Waals surface area (Å²) in [6.07, 6.45) is 0. The van der Waals surface area contributed by atoms with Gasteiger partial charge in [-0.3, -0.25) is 0 Å². The molecule has 0 saturated heterocycles. The number of hydrogen-bond donors (Lipinski definition) is 0. The van der Waals surface area contributed by atoms with Gasteiger partial charge in [0.1, 0.15) is 11.2 Å². The van der Waals surface area contributed by atoms with E-state index in [0.29, 0.717) is 5.56 Å². The molecule has 0 saturated carbocycles. The fourth-order valence-corrected chi connectivity index (χ4v) is 2.54. The summed E-state index contributed by atoms with van der Waals surface area (Å²) in [5, 5.41) is 2.03. The first kappa shape index (κ1) is 11.8. The van der Waals surface area contributed by atoms with Crippen molar-refractivity contribution in [2.45, 2.75) is 13.8 Å². The highest BCUT2D eigenvalue weighted by Gasteiger charge is 2.18. The minimum absolute atomic E-state index is 0.312. The third kappa shape index (κ3) is 1.62. The Morgan fingerprint density at radius 2 is 1.95 bits per heavy atom. The molecule has 2 aromatic carbocycles. The van der Waals surface area contributed by atoms with Crippen molar-refractivity contribution < 1.29 is 13.9 Å². The van der Waals surface area contributed by atoms with Crippen LogP contribution in [0, 0.1) is 13.8 Å². The van der Waals surface area contributed by atoms with Crippen LogP contribution in [-0.2, 0) is 4.74 Å². The molecule has 0 radical (unpaired) electrons. The second-order valence-corrected chi connectivity index (χ2v) is 4.66. The standard InChI is InChI=1S/C16H14O3/c1-9-8-12(16(17)18-3)10(2)14-11-6-4-5-7-13(11)19-15(9)14/h4-8H,1-3H3. The smallest absolute Gasteiger partial charge is 0.338 e. The largest absolute Gasteiger partial charge is 0.465 e. The Balaban J connectivity index is 2.49. The number of carbonyl (C=O) groups is 1. The Morgan fingerprint density at radius 3 is 2.68 bits per heavy atom. The van der Waals surface area contributed by atoms with Gasteiger partial charge in [-0.25, -0.2) is 4.79 Å².